The third kappa shape index (κ3) is 6.39. The Hall–Kier alpha value is -4.34. The van der Waals surface area contributed by atoms with Crippen LogP contribution in [0.25, 0.3) is 6.08 Å². The summed E-state index contributed by atoms with van der Waals surface area (Å²) in [6.45, 7) is 3.46. The molecule has 1 fully saturated rings. The van der Waals surface area contributed by atoms with Crippen molar-refractivity contribution in [1.82, 2.24) is 5.32 Å². The molecule has 0 bridgehead atoms. The molecular formula is C28H23Cl2N3O6. The molecule has 0 radical (unpaired) electrons. The Bertz CT molecular complexity index is 1500. The van der Waals surface area contributed by atoms with E-state index in [0.29, 0.717) is 32.6 Å². The number of hydrogen-bond donors (Lipinski definition) is 2. The van der Waals surface area contributed by atoms with Gasteiger partial charge in [-0.15, -0.1) is 0 Å². The lowest BCUT2D eigenvalue weighted by Crippen LogP contribution is -2.54. The number of nitrogens with zero attached hydrogens (tertiary/aromatic N) is 1. The third-order valence-electron chi connectivity index (χ3n) is 5.60. The molecule has 2 N–H and O–H groups in total. The van der Waals surface area contributed by atoms with Crippen LogP contribution in [0.4, 0.5) is 16.2 Å². The lowest BCUT2D eigenvalue weighted by Gasteiger charge is -2.27. The van der Waals surface area contributed by atoms with Crippen molar-refractivity contribution in [1.29, 1.82) is 0 Å². The Balaban J connectivity index is 1.56. The minimum absolute atomic E-state index is 0.260. The Labute approximate surface area is 234 Å². The summed E-state index contributed by atoms with van der Waals surface area (Å²) < 4.78 is 11.3. The predicted molar refractivity (Wildman–Crippen MR) is 148 cm³/mol. The summed E-state index contributed by atoms with van der Waals surface area (Å²) in [5, 5.41) is 5.58. The Morgan fingerprint density at radius 2 is 1.77 bits per heavy atom. The van der Waals surface area contributed by atoms with Gasteiger partial charge in [0.05, 0.1) is 23.0 Å². The molecule has 1 heterocycles. The van der Waals surface area contributed by atoms with E-state index in [9.17, 15) is 19.2 Å². The number of carbonyl (C=O) groups excluding carboxylic acids is 4. The number of amides is 5. The van der Waals surface area contributed by atoms with Gasteiger partial charge < -0.3 is 14.8 Å². The van der Waals surface area contributed by atoms with Crippen molar-refractivity contribution in [3.05, 3.63) is 87.4 Å². The van der Waals surface area contributed by atoms with Crippen LogP contribution in [0.3, 0.4) is 0 Å². The molecule has 1 saturated heterocycles. The molecule has 0 aliphatic carbocycles. The van der Waals surface area contributed by atoms with Crippen molar-refractivity contribution in [3.8, 4) is 11.5 Å². The second-order valence-corrected chi connectivity index (χ2v) is 9.19. The van der Waals surface area contributed by atoms with Gasteiger partial charge in [-0.1, -0.05) is 47.5 Å². The molecule has 11 heteroatoms. The number of imide groups is 2. The number of barbiturate groups is 1. The SMILES string of the molecule is CCOc1cc(/C=C2\C(=O)NC(=O)N(c3cc(Cl)ccc3C)C2=O)ccc1OCC(=O)Nc1ccccc1Cl. The van der Waals surface area contributed by atoms with Crippen LogP contribution in [0.15, 0.2) is 66.2 Å². The number of hydrogen-bond acceptors (Lipinski definition) is 6. The van der Waals surface area contributed by atoms with Crippen molar-refractivity contribution in [2.24, 2.45) is 0 Å². The van der Waals surface area contributed by atoms with Gasteiger partial charge in [0.1, 0.15) is 5.57 Å². The first-order valence-corrected chi connectivity index (χ1v) is 12.5. The number of ether oxygens (including phenoxy) is 2. The van der Waals surface area contributed by atoms with Gasteiger partial charge in [-0.25, -0.2) is 9.69 Å². The van der Waals surface area contributed by atoms with Crippen LogP contribution in [0, 0.1) is 6.92 Å². The fourth-order valence-electron chi connectivity index (χ4n) is 3.76. The minimum Gasteiger partial charge on any atom is -0.490 e. The lowest BCUT2D eigenvalue weighted by atomic mass is 10.1. The molecule has 1 aliphatic heterocycles. The van der Waals surface area contributed by atoms with Crippen molar-refractivity contribution in [2.75, 3.05) is 23.4 Å². The second kappa shape index (κ2) is 12.0. The number of anilines is 2. The van der Waals surface area contributed by atoms with Crippen molar-refractivity contribution >= 4 is 64.4 Å². The number of carbonyl (C=O) groups is 4. The maximum atomic E-state index is 13.3. The summed E-state index contributed by atoms with van der Waals surface area (Å²) in [5.41, 5.74) is 1.51. The topological polar surface area (TPSA) is 114 Å². The van der Waals surface area contributed by atoms with Crippen LogP contribution >= 0.6 is 23.2 Å². The number of urea groups is 1. The molecule has 0 saturated carbocycles. The highest BCUT2D eigenvalue weighted by Crippen LogP contribution is 2.31. The molecule has 4 rings (SSSR count). The smallest absolute Gasteiger partial charge is 0.335 e. The van der Waals surface area contributed by atoms with Gasteiger partial charge in [-0.2, -0.15) is 0 Å². The molecule has 0 unspecified atom stereocenters. The number of para-hydroxylation sites is 1. The largest absolute Gasteiger partial charge is 0.490 e. The third-order valence-corrected chi connectivity index (χ3v) is 6.16. The van der Waals surface area contributed by atoms with E-state index < -0.39 is 23.8 Å². The molecule has 0 atom stereocenters. The maximum absolute atomic E-state index is 13.3. The van der Waals surface area contributed by atoms with Crippen LogP contribution in [-0.2, 0) is 14.4 Å². The lowest BCUT2D eigenvalue weighted by molar-refractivity contribution is -0.122. The summed E-state index contributed by atoms with van der Waals surface area (Å²) in [7, 11) is 0. The van der Waals surface area contributed by atoms with E-state index in [1.54, 1.807) is 68.4 Å². The van der Waals surface area contributed by atoms with Gasteiger partial charge in [0, 0.05) is 5.02 Å². The highest BCUT2D eigenvalue weighted by atomic mass is 35.5. The zero-order valence-electron chi connectivity index (χ0n) is 20.9. The van der Waals surface area contributed by atoms with E-state index in [2.05, 4.69) is 10.6 Å². The fourth-order valence-corrected chi connectivity index (χ4v) is 4.11. The van der Waals surface area contributed by atoms with Crippen molar-refractivity contribution in [2.45, 2.75) is 13.8 Å². The Morgan fingerprint density at radius 1 is 1.00 bits per heavy atom. The number of rotatable bonds is 8. The number of aryl methyl sites for hydroxylation is 1. The van der Waals surface area contributed by atoms with E-state index in [1.165, 1.54) is 12.1 Å². The van der Waals surface area contributed by atoms with Gasteiger partial charge in [-0.05, 0) is 67.4 Å². The van der Waals surface area contributed by atoms with Crippen LogP contribution in [-0.4, -0.2) is 37.0 Å². The van der Waals surface area contributed by atoms with Crippen LogP contribution in [0.2, 0.25) is 10.0 Å². The summed E-state index contributed by atoms with van der Waals surface area (Å²) in [6.07, 6.45) is 1.34. The number of halogens is 2. The first-order valence-electron chi connectivity index (χ1n) is 11.8. The average Bonchev–Trinajstić information content (AvgIpc) is 2.89. The quantitative estimate of drug-likeness (QED) is 0.279. The van der Waals surface area contributed by atoms with E-state index in [4.69, 9.17) is 32.7 Å². The molecular weight excluding hydrogens is 545 g/mol. The van der Waals surface area contributed by atoms with Gasteiger partial charge in [-0.3, -0.25) is 19.7 Å². The number of benzene rings is 3. The highest BCUT2D eigenvalue weighted by molar-refractivity contribution is 6.39. The molecule has 0 aromatic heterocycles. The van der Waals surface area contributed by atoms with E-state index in [-0.39, 0.29) is 30.2 Å². The highest BCUT2D eigenvalue weighted by Gasteiger charge is 2.37. The number of nitrogens with one attached hydrogen (secondary N) is 2. The van der Waals surface area contributed by atoms with E-state index in [1.807, 2.05) is 0 Å². The first-order chi connectivity index (χ1) is 18.7. The zero-order valence-corrected chi connectivity index (χ0v) is 22.4. The monoisotopic (exact) mass is 567 g/mol. The summed E-state index contributed by atoms with van der Waals surface area (Å²) in [6, 6.07) is 15.4. The standard InChI is InChI=1S/C28H23Cl2N3O6/c1-3-38-24-13-17(9-11-23(24)39-15-25(34)31-21-7-5-4-6-20(21)30)12-19-26(35)32-28(37)33(27(19)36)22-14-18(29)10-8-16(22)2/h4-14H,3,15H2,1-2H3,(H,31,34)(H,32,35,37)/b19-12+. The second-order valence-electron chi connectivity index (χ2n) is 8.34. The molecule has 0 spiro atoms. The molecule has 39 heavy (non-hydrogen) atoms. The van der Waals surface area contributed by atoms with E-state index in [0.717, 1.165) is 4.90 Å². The molecule has 9 nitrogen and oxygen atoms in total. The molecule has 3 aromatic rings. The molecule has 5 amide bonds. The van der Waals surface area contributed by atoms with E-state index >= 15 is 0 Å². The molecule has 200 valence electrons. The Kier molecular flexibility index (Phi) is 8.53. The molecule has 1 aliphatic rings. The Morgan fingerprint density at radius 3 is 2.51 bits per heavy atom. The van der Waals surface area contributed by atoms with Crippen molar-refractivity contribution in [3.63, 3.8) is 0 Å². The van der Waals surface area contributed by atoms with Crippen LogP contribution in [0.1, 0.15) is 18.1 Å². The van der Waals surface area contributed by atoms with Crippen molar-refractivity contribution < 1.29 is 28.7 Å². The fraction of sp³-hybridized carbons (Fsp3) is 0.143. The predicted octanol–water partition coefficient (Wildman–Crippen LogP) is 5.38. The summed E-state index contributed by atoms with van der Waals surface area (Å²) >= 11 is 12.1. The normalized spacial score (nSPS) is 14.3. The summed E-state index contributed by atoms with van der Waals surface area (Å²) in [5.74, 6) is -1.50. The maximum Gasteiger partial charge on any atom is 0.335 e. The van der Waals surface area contributed by atoms with Gasteiger partial charge in [0.15, 0.2) is 18.1 Å². The van der Waals surface area contributed by atoms with Crippen LogP contribution in [0.5, 0.6) is 11.5 Å². The van der Waals surface area contributed by atoms with Gasteiger partial charge in [0.25, 0.3) is 17.7 Å². The zero-order chi connectivity index (χ0) is 28.1. The first kappa shape index (κ1) is 27.7. The van der Waals surface area contributed by atoms with Gasteiger partial charge in [0.2, 0.25) is 0 Å². The molecule has 3 aromatic carbocycles. The van der Waals surface area contributed by atoms with Crippen LogP contribution < -0.4 is 25.0 Å². The van der Waals surface area contributed by atoms with Gasteiger partial charge >= 0.3 is 6.03 Å². The minimum atomic E-state index is -0.874. The average molecular weight is 568 g/mol. The summed E-state index contributed by atoms with van der Waals surface area (Å²) in [4.78, 5) is 51.6.